The normalized spacial score (nSPS) is 21.5. The Balaban J connectivity index is 1.78. The first-order chi connectivity index (χ1) is 11.1. The number of halogens is 1. The molecule has 2 heterocycles. The molecule has 1 aromatic carbocycles. The van der Waals surface area contributed by atoms with E-state index in [0.717, 1.165) is 18.7 Å². The van der Waals surface area contributed by atoms with E-state index in [-0.39, 0.29) is 5.97 Å². The first-order valence-corrected chi connectivity index (χ1v) is 7.90. The molecule has 1 aliphatic rings. The second kappa shape index (κ2) is 6.64. The lowest BCUT2D eigenvalue weighted by molar-refractivity contribution is -0.150. The number of nitrogens with one attached hydrogen (secondary N) is 1. The van der Waals surface area contributed by atoms with Crippen molar-refractivity contribution in [1.82, 2.24) is 25.5 Å². The van der Waals surface area contributed by atoms with Gasteiger partial charge in [-0.2, -0.15) is 5.21 Å². The van der Waals surface area contributed by atoms with Gasteiger partial charge in [0, 0.05) is 24.7 Å². The third-order valence-corrected chi connectivity index (χ3v) is 4.36. The first-order valence-electron chi connectivity index (χ1n) is 7.52. The molecule has 1 saturated heterocycles. The van der Waals surface area contributed by atoms with Crippen LogP contribution in [0.3, 0.4) is 0 Å². The van der Waals surface area contributed by atoms with Crippen LogP contribution in [0.25, 0.3) is 0 Å². The van der Waals surface area contributed by atoms with Gasteiger partial charge >= 0.3 is 5.97 Å². The summed E-state index contributed by atoms with van der Waals surface area (Å²) in [5.74, 6) is 0.106. The van der Waals surface area contributed by atoms with E-state index >= 15 is 0 Å². The van der Waals surface area contributed by atoms with Crippen LogP contribution in [0.15, 0.2) is 24.3 Å². The number of benzene rings is 1. The number of rotatable bonds is 5. The Kier molecular flexibility index (Phi) is 4.58. The largest absolute Gasteiger partial charge is 0.465 e. The number of hydrogen-bond acceptors (Lipinski definition) is 6. The number of aromatic nitrogens is 4. The lowest BCUT2D eigenvalue weighted by Crippen LogP contribution is -2.41. The van der Waals surface area contributed by atoms with Crippen molar-refractivity contribution in [3.8, 4) is 0 Å². The second-order valence-electron chi connectivity index (χ2n) is 5.63. The number of carbonyl (C=O) groups is 1. The summed E-state index contributed by atoms with van der Waals surface area (Å²) in [6.45, 7) is 4.12. The molecule has 0 aliphatic carbocycles. The molecule has 3 rings (SSSR count). The average molecular weight is 336 g/mol. The van der Waals surface area contributed by atoms with Gasteiger partial charge in [-0.3, -0.25) is 9.69 Å². The topological polar surface area (TPSA) is 84.0 Å². The SMILES string of the molecule is CCOC(=O)C1(c2nn[nH]n2)CCN(Cc2ccc(Cl)cc2)C1. The maximum absolute atomic E-state index is 12.5. The van der Waals surface area contributed by atoms with Crippen LogP contribution in [-0.2, 0) is 21.5 Å². The highest BCUT2D eigenvalue weighted by Crippen LogP contribution is 2.34. The van der Waals surface area contributed by atoms with Crippen molar-refractivity contribution < 1.29 is 9.53 Å². The summed E-state index contributed by atoms with van der Waals surface area (Å²) < 4.78 is 5.26. The molecule has 122 valence electrons. The van der Waals surface area contributed by atoms with Crippen LogP contribution in [0.2, 0.25) is 5.02 Å². The Morgan fingerprint density at radius 2 is 2.22 bits per heavy atom. The number of likely N-dealkylation sites (tertiary alicyclic amines) is 1. The zero-order chi connectivity index (χ0) is 16.3. The van der Waals surface area contributed by atoms with E-state index in [1.54, 1.807) is 6.92 Å². The van der Waals surface area contributed by atoms with E-state index in [1.807, 2.05) is 24.3 Å². The molecule has 0 spiro atoms. The van der Waals surface area contributed by atoms with Crippen molar-refractivity contribution >= 4 is 17.6 Å². The van der Waals surface area contributed by atoms with Crippen molar-refractivity contribution in [1.29, 1.82) is 0 Å². The van der Waals surface area contributed by atoms with Gasteiger partial charge in [0.25, 0.3) is 0 Å². The van der Waals surface area contributed by atoms with E-state index < -0.39 is 5.41 Å². The van der Waals surface area contributed by atoms with Crippen LogP contribution < -0.4 is 0 Å². The predicted molar refractivity (Wildman–Crippen MR) is 83.8 cm³/mol. The highest BCUT2D eigenvalue weighted by atomic mass is 35.5. The molecule has 7 nitrogen and oxygen atoms in total. The van der Waals surface area contributed by atoms with E-state index in [0.29, 0.717) is 30.4 Å². The van der Waals surface area contributed by atoms with Crippen molar-refractivity contribution in [3.05, 3.63) is 40.7 Å². The fourth-order valence-electron chi connectivity index (χ4n) is 2.95. The number of aromatic amines is 1. The van der Waals surface area contributed by atoms with Crippen LogP contribution in [0.4, 0.5) is 0 Å². The van der Waals surface area contributed by atoms with Gasteiger partial charge in [-0.15, -0.1) is 10.2 Å². The number of esters is 1. The van der Waals surface area contributed by atoms with E-state index in [9.17, 15) is 4.79 Å². The van der Waals surface area contributed by atoms with Crippen LogP contribution in [-0.4, -0.2) is 51.2 Å². The Hall–Kier alpha value is -1.99. The van der Waals surface area contributed by atoms with Gasteiger partial charge in [-0.25, -0.2) is 0 Å². The molecule has 0 radical (unpaired) electrons. The summed E-state index contributed by atoms with van der Waals surface area (Å²) in [6, 6.07) is 7.71. The Bertz CT molecular complexity index is 661. The molecule has 0 bridgehead atoms. The Labute approximate surface area is 139 Å². The minimum atomic E-state index is -0.852. The summed E-state index contributed by atoms with van der Waals surface area (Å²) in [5.41, 5.74) is 0.289. The Morgan fingerprint density at radius 3 is 2.87 bits per heavy atom. The molecule has 23 heavy (non-hydrogen) atoms. The van der Waals surface area contributed by atoms with Gasteiger partial charge in [-0.05, 0) is 31.0 Å². The molecule has 0 saturated carbocycles. The lowest BCUT2D eigenvalue weighted by Gasteiger charge is -2.23. The number of nitrogens with zero attached hydrogens (tertiary/aromatic N) is 4. The van der Waals surface area contributed by atoms with Crippen molar-refractivity contribution in [3.63, 3.8) is 0 Å². The number of H-pyrrole nitrogens is 1. The molecule has 1 aromatic heterocycles. The van der Waals surface area contributed by atoms with Gasteiger partial charge in [-0.1, -0.05) is 28.9 Å². The summed E-state index contributed by atoms with van der Waals surface area (Å²) in [7, 11) is 0. The standard InChI is InChI=1S/C15H18ClN5O2/c1-2-23-14(22)15(13-17-19-20-18-13)7-8-21(10-15)9-11-3-5-12(16)6-4-11/h3-6H,2,7-10H2,1H3,(H,17,18,19,20). The number of carbonyl (C=O) groups excluding carboxylic acids is 1. The van der Waals surface area contributed by atoms with Crippen LogP contribution in [0, 0.1) is 0 Å². The van der Waals surface area contributed by atoms with Gasteiger partial charge in [0.2, 0.25) is 0 Å². The van der Waals surface area contributed by atoms with E-state index in [1.165, 1.54) is 0 Å². The van der Waals surface area contributed by atoms with Gasteiger partial charge < -0.3 is 4.74 Å². The number of hydrogen-bond donors (Lipinski definition) is 1. The highest BCUT2D eigenvalue weighted by Gasteiger charge is 2.50. The summed E-state index contributed by atoms with van der Waals surface area (Å²) in [6.07, 6.45) is 0.610. The molecule has 1 atom stereocenters. The first kappa shape index (κ1) is 15.9. The van der Waals surface area contributed by atoms with Gasteiger partial charge in [0.15, 0.2) is 5.82 Å². The zero-order valence-corrected chi connectivity index (χ0v) is 13.6. The lowest BCUT2D eigenvalue weighted by atomic mass is 9.86. The number of ether oxygens (including phenoxy) is 1. The third-order valence-electron chi connectivity index (χ3n) is 4.11. The molecule has 8 heteroatoms. The zero-order valence-electron chi connectivity index (χ0n) is 12.8. The maximum atomic E-state index is 12.5. The molecule has 2 aromatic rings. The summed E-state index contributed by atoms with van der Waals surface area (Å²) >= 11 is 5.92. The highest BCUT2D eigenvalue weighted by molar-refractivity contribution is 6.30. The smallest absolute Gasteiger partial charge is 0.321 e. The third kappa shape index (κ3) is 3.20. The summed E-state index contributed by atoms with van der Waals surface area (Å²) in [4.78, 5) is 14.7. The van der Waals surface area contributed by atoms with Crippen molar-refractivity contribution in [2.75, 3.05) is 19.7 Å². The monoisotopic (exact) mass is 335 g/mol. The molecule has 1 fully saturated rings. The number of tetrazole rings is 1. The van der Waals surface area contributed by atoms with Gasteiger partial charge in [0.05, 0.1) is 6.61 Å². The van der Waals surface area contributed by atoms with E-state index in [2.05, 4.69) is 25.5 Å². The molecular formula is C15H18ClN5O2. The quantitative estimate of drug-likeness (QED) is 0.835. The predicted octanol–water partition coefficient (Wildman–Crippen LogP) is 1.56. The van der Waals surface area contributed by atoms with Crippen LogP contribution in [0.5, 0.6) is 0 Å². The molecule has 1 unspecified atom stereocenters. The average Bonchev–Trinajstić information content (AvgIpc) is 3.20. The maximum Gasteiger partial charge on any atom is 0.321 e. The molecule has 0 amide bonds. The molecule has 1 aliphatic heterocycles. The van der Waals surface area contributed by atoms with Gasteiger partial charge in [0.1, 0.15) is 5.41 Å². The van der Waals surface area contributed by atoms with Crippen LogP contribution in [0.1, 0.15) is 24.7 Å². The second-order valence-corrected chi connectivity index (χ2v) is 6.06. The minimum Gasteiger partial charge on any atom is -0.465 e. The van der Waals surface area contributed by atoms with Crippen molar-refractivity contribution in [2.24, 2.45) is 0 Å². The fraction of sp³-hybridized carbons (Fsp3) is 0.467. The molecular weight excluding hydrogens is 318 g/mol. The summed E-state index contributed by atoms with van der Waals surface area (Å²) in [5, 5.41) is 14.8. The minimum absolute atomic E-state index is 0.292. The molecule has 1 N–H and O–H groups in total. The van der Waals surface area contributed by atoms with Crippen LogP contribution >= 0.6 is 11.6 Å². The van der Waals surface area contributed by atoms with Crippen molar-refractivity contribution in [2.45, 2.75) is 25.3 Å². The fourth-order valence-corrected chi connectivity index (χ4v) is 3.07. The Morgan fingerprint density at radius 1 is 1.43 bits per heavy atom. The van der Waals surface area contributed by atoms with E-state index in [4.69, 9.17) is 16.3 Å².